The first-order chi connectivity index (χ1) is 15.5. The fourth-order valence-corrected chi connectivity index (χ4v) is 4.02. The van der Waals surface area contributed by atoms with Gasteiger partial charge in [0.1, 0.15) is 0 Å². The predicted molar refractivity (Wildman–Crippen MR) is 129 cm³/mol. The number of anilines is 2. The third-order valence-corrected chi connectivity index (χ3v) is 5.96. The number of amides is 1. The zero-order valence-corrected chi connectivity index (χ0v) is 19.7. The number of ketones is 1. The minimum absolute atomic E-state index is 0.00470. The number of aromatic nitrogens is 2. The Morgan fingerprint density at radius 2 is 1.42 bits per heavy atom. The lowest BCUT2D eigenvalue weighted by molar-refractivity contribution is 0.0974. The molecule has 33 heavy (non-hydrogen) atoms. The summed E-state index contributed by atoms with van der Waals surface area (Å²) in [6.07, 6.45) is 0. The van der Waals surface area contributed by atoms with Gasteiger partial charge < -0.3 is 5.32 Å². The number of carbonyl (C=O) groups excluding carboxylic acids is 2. The third kappa shape index (κ3) is 6.40. The Balaban J connectivity index is 1.62. The molecule has 0 bridgehead atoms. The Hall–Kier alpha value is -3.70. The van der Waals surface area contributed by atoms with E-state index in [2.05, 4.69) is 25.3 Å². The number of Topliss-reactive ketones (excluding diaryl/α,β-unsaturated/α-hetero) is 1. The summed E-state index contributed by atoms with van der Waals surface area (Å²) >= 11 is 5.15. The first kappa shape index (κ1) is 24.0. The molecule has 0 aliphatic heterocycles. The molecule has 0 aliphatic carbocycles. The number of thiocarbonyl (C=S) groups is 1. The van der Waals surface area contributed by atoms with Gasteiger partial charge in [-0.25, -0.2) is 23.1 Å². The van der Waals surface area contributed by atoms with Crippen molar-refractivity contribution in [2.45, 2.75) is 25.7 Å². The van der Waals surface area contributed by atoms with Crippen LogP contribution in [-0.2, 0) is 10.0 Å². The first-order valence-electron chi connectivity index (χ1n) is 9.72. The van der Waals surface area contributed by atoms with E-state index in [1.165, 1.54) is 43.3 Å². The molecule has 0 radical (unpaired) electrons. The summed E-state index contributed by atoms with van der Waals surface area (Å²) in [7, 11) is -3.89. The molecule has 0 fully saturated rings. The van der Waals surface area contributed by atoms with Crippen molar-refractivity contribution in [2.75, 3.05) is 10.0 Å². The van der Waals surface area contributed by atoms with Gasteiger partial charge >= 0.3 is 0 Å². The fraction of sp³-hybridized carbons (Fsp3) is 0.136. The maximum Gasteiger partial charge on any atom is 0.264 e. The highest BCUT2D eigenvalue weighted by Crippen LogP contribution is 2.17. The molecule has 0 spiro atoms. The van der Waals surface area contributed by atoms with E-state index in [9.17, 15) is 18.0 Å². The monoisotopic (exact) mass is 483 g/mol. The number of nitrogens with one attached hydrogen (secondary N) is 3. The van der Waals surface area contributed by atoms with Crippen LogP contribution in [0.15, 0.2) is 59.5 Å². The lowest BCUT2D eigenvalue weighted by Crippen LogP contribution is -2.34. The summed E-state index contributed by atoms with van der Waals surface area (Å²) in [5, 5.41) is 5.39. The normalized spacial score (nSPS) is 10.9. The van der Waals surface area contributed by atoms with Crippen LogP contribution in [0.25, 0.3) is 0 Å². The fourth-order valence-electron chi connectivity index (χ4n) is 2.86. The SMILES string of the molecule is CC(=O)c1ccc(C(=O)NC(=S)Nc2ccc(S(=O)(=O)Nc3nc(C)cc(C)n3)cc2)cc1. The Kier molecular flexibility index (Phi) is 7.14. The standard InChI is InChI=1S/C22H21N5O4S2/c1-13-12-14(2)24-21(23-13)27-33(30,31)19-10-8-18(9-11-19)25-22(32)26-20(29)17-6-4-16(5-7-17)15(3)28/h4-12H,1-3H3,(H,23,24,27)(H2,25,26,29,32). The number of carbonyl (C=O) groups is 2. The number of hydrogen-bond acceptors (Lipinski definition) is 7. The van der Waals surface area contributed by atoms with Crippen LogP contribution in [0.2, 0.25) is 0 Å². The van der Waals surface area contributed by atoms with Crippen LogP contribution in [0.1, 0.15) is 39.0 Å². The van der Waals surface area contributed by atoms with E-state index < -0.39 is 15.9 Å². The molecule has 11 heteroatoms. The van der Waals surface area contributed by atoms with Crippen LogP contribution < -0.4 is 15.4 Å². The first-order valence-corrected chi connectivity index (χ1v) is 11.6. The largest absolute Gasteiger partial charge is 0.332 e. The zero-order valence-electron chi connectivity index (χ0n) is 18.0. The molecule has 3 aromatic rings. The van der Waals surface area contributed by atoms with Crippen LogP contribution in [0, 0.1) is 13.8 Å². The molecule has 0 saturated heterocycles. The van der Waals surface area contributed by atoms with Crippen LogP contribution in [-0.4, -0.2) is 35.2 Å². The topological polar surface area (TPSA) is 130 Å². The van der Waals surface area contributed by atoms with Gasteiger partial charge in [-0.2, -0.15) is 0 Å². The van der Waals surface area contributed by atoms with E-state index >= 15 is 0 Å². The Bertz CT molecular complexity index is 1300. The quantitative estimate of drug-likeness (QED) is 0.360. The molecule has 170 valence electrons. The highest BCUT2D eigenvalue weighted by Gasteiger charge is 2.16. The predicted octanol–water partition coefficient (Wildman–Crippen LogP) is 3.22. The molecule has 3 N–H and O–H groups in total. The summed E-state index contributed by atoms with van der Waals surface area (Å²) in [5.41, 5.74) is 2.61. The number of sulfonamides is 1. The molecule has 1 aromatic heterocycles. The molecule has 2 aromatic carbocycles. The second-order valence-corrected chi connectivity index (χ2v) is 9.24. The molecule has 1 amide bonds. The van der Waals surface area contributed by atoms with Gasteiger partial charge in [-0.15, -0.1) is 0 Å². The molecular formula is C22H21N5O4S2. The zero-order chi connectivity index (χ0) is 24.2. The van der Waals surface area contributed by atoms with Gasteiger partial charge in [-0.1, -0.05) is 12.1 Å². The van der Waals surface area contributed by atoms with E-state index in [1.54, 1.807) is 32.0 Å². The van der Waals surface area contributed by atoms with Gasteiger partial charge in [-0.05, 0) is 75.5 Å². The summed E-state index contributed by atoms with van der Waals surface area (Å²) < 4.78 is 27.6. The average molecular weight is 484 g/mol. The summed E-state index contributed by atoms with van der Waals surface area (Å²) in [6.45, 7) is 4.93. The number of nitrogens with zero attached hydrogens (tertiary/aromatic N) is 2. The highest BCUT2D eigenvalue weighted by atomic mass is 32.2. The number of hydrogen-bond donors (Lipinski definition) is 3. The van der Waals surface area contributed by atoms with Crippen molar-refractivity contribution >= 4 is 50.7 Å². The molecule has 9 nitrogen and oxygen atoms in total. The van der Waals surface area contributed by atoms with Crippen molar-refractivity contribution in [1.29, 1.82) is 0 Å². The maximum atomic E-state index is 12.6. The van der Waals surface area contributed by atoms with Crippen molar-refractivity contribution in [1.82, 2.24) is 15.3 Å². The van der Waals surface area contributed by atoms with Gasteiger partial charge in [-0.3, -0.25) is 14.9 Å². The molecule has 0 saturated carbocycles. The van der Waals surface area contributed by atoms with Crippen LogP contribution >= 0.6 is 12.2 Å². The third-order valence-electron chi connectivity index (χ3n) is 4.41. The van der Waals surface area contributed by atoms with Crippen molar-refractivity contribution in [3.05, 3.63) is 77.1 Å². The number of aryl methyl sites for hydroxylation is 2. The average Bonchev–Trinajstić information content (AvgIpc) is 2.73. The molecule has 0 atom stereocenters. The smallest absolute Gasteiger partial charge is 0.264 e. The summed E-state index contributed by atoms with van der Waals surface area (Å²) in [6, 6.07) is 13.7. The van der Waals surface area contributed by atoms with Crippen molar-refractivity contribution < 1.29 is 18.0 Å². The highest BCUT2D eigenvalue weighted by molar-refractivity contribution is 7.92. The van der Waals surface area contributed by atoms with Crippen LogP contribution in [0.4, 0.5) is 11.6 Å². The lowest BCUT2D eigenvalue weighted by Gasteiger charge is -2.11. The Morgan fingerprint density at radius 1 is 0.879 bits per heavy atom. The van der Waals surface area contributed by atoms with Crippen LogP contribution in [0.5, 0.6) is 0 Å². The molecule has 1 heterocycles. The maximum absolute atomic E-state index is 12.6. The van der Waals surface area contributed by atoms with Gasteiger partial charge in [0.15, 0.2) is 10.9 Å². The lowest BCUT2D eigenvalue weighted by atomic mass is 10.1. The summed E-state index contributed by atoms with van der Waals surface area (Å²) in [5.74, 6) is -0.546. The minimum atomic E-state index is -3.89. The van der Waals surface area contributed by atoms with E-state index in [1.807, 2.05) is 0 Å². The summed E-state index contributed by atoms with van der Waals surface area (Å²) in [4.78, 5) is 31.8. The van der Waals surface area contributed by atoms with Gasteiger partial charge in [0.2, 0.25) is 5.95 Å². The second-order valence-electron chi connectivity index (χ2n) is 7.15. The van der Waals surface area contributed by atoms with Gasteiger partial charge in [0, 0.05) is 28.2 Å². The van der Waals surface area contributed by atoms with E-state index in [0.29, 0.717) is 28.2 Å². The van der Waals surface area contributed by atoms with E-state index in [0.717, 1.165) is 0 Å². The van der Waals surface area contributed by atoms with E-state index in [4.69, 9.17) is 12.2 Å². The second kappa shape index (κ2) is 9.84. The number of benzene rings is 2. The van der Waals surface area contributed by atoms with Crippen molar-refractivity contribution in [3.63, 3.8) is 0 Å². The molecule has 0 aliphatic rings. The van der Waals surface area contributed by atoms with Crippen LogP contribution in [0.3, 0.4) is 0 Å². The Labute approximate surface area is 196 Å². The van der Waals surface area contributed by atoms with Gasteiger partial charge in [0.05, 0.1) is 4.90 Å². The molecule has 0 unspecified atom stereocenters. The van der Waals surface area contributed by atoms with Gasteiger partial charge in [0.25, 0.3) is 15.9 Å². The van der Waals surface area contributed by atoms with Crippen molar-refractivity contribution in [2.24, 2.45) is 0 Å². The Morgan fingerprint density at radius 3 is 1.97 bits per heavy atom. The molecule has 3 rings (SSSR count). The minimum Gasteiger partial charge on any atom is -0.332 e. The molecular weight excluding hydrogens is 462 g/mol. The van der Waals surface area contributed by atoms with Crippen molar-refractivity contribution in [3.8, 4) is 0 Å². The van der Waals surface area contributed by atoms with E-state index in [-0.39, 0.29) is 21.7 Å². The number of rotatable bonds is 6.